The van der Waals surface area contributed by atoms with Crippen LogP contribution in [0.2, 0.25) is 0 Å². The molecule has 0 bridgehead atoms. The Balaban J connectivity index is 2.66. The summed E-state index contributed by atoms with van der Waals surface area (Å²) >= 11 is 0. The molecule has 106 valence electrons. The van der Waals surface area contributed by atoms with Gasteiger partial charge in [-0.2, -0.15) is 0 Å². The molecule has 1 amide bonds. The number of furan rings is 1. The van der Waals surface area contributed by atoms with E-state index < -0.39 is 21.9 Å². The Morgan fingerprint density at radius 3 is 2.58 bits per heavy atom. The summed E-state index contributed by atoms with van der Waals surface area (Å²) in [6.45, 7) is 1.52. The van der Waals surface area contributed by atoms with Crippen molar-refractivity contribution in [3.63, 3.8) is 0 Å². The number of rotatable bonds is 6. The molecule has 0 saturated heterocycles. The number of amides is 1. The maximum atomic E-state index is 11.6. The van der Waals surface area contributed by atoms with E-state index in [-0.39, 0.29) is 35.8 Å². The van der Waals surface area contributed by atoms with E-state index in [0.29, 0.717) is 0 Å². The third-order valence-corrected chi connectivity index (χ3v) is 3.27. The lowest BCUT2D eigenvalue weighted by Crippen LogP contribution is -2.24. The van der Waals surface area contributed by atoms with Crippen molar-refractivity contribution in [3.05, 3.63) is 17.6 Å². The summed E-state index contributed by atoms with van der Waals surface area (Å²) in [5.41, 5.74) is 0. The molecule has 0 fully saturated rings. The summed E-state index contributed by atoms with van der Waals surface area (Å²) in [5.74, 6) is -1.74. The summed E-state index contributed by atoms with van der Waals surface area (Å²) < 4.78 is 27.3. The van der Waals surface area contributed by atoms with E-state index in [1.165, 1.54) is 6.92 Å². The minimum absolute atomic E-state index is 0.0261. The number of aliphatic carboxylic acids is 1. The van der Waals surface area contributed by atoms with Gasteiger partial charge in [-0.1, -0.05) is 0 Å². The van der Waals surface area contributed by atoms with Crippen molar-refractivity contribution < 1.29 is 27.5 Å². The van der Waals surface area contributed by atoms with Crippen LogP contribution in [0, 0.1) is 6.92 Å². The van der Waals surface area contributed by atoms with Gasteiger partial charge < -0.3 is 14.8 Å². The van der Waals surface area contributed by atoms with Gasteiger partial charge in [-0.05, 0) is 13.3 Å². The van der Waals surface area contributed by atoms with Crippen molar-refractivity contribution in [2.75, 3.05) is 6.54 Å². The van der Waals surface area contributed by atoms with Gasteiger partial charge in [-0.15, -0.1) is 0 Å². The van der Waals surface area contributed by atoms with Crippen LogP contribution >= 0.6 is 0 Å². The summed E-state index contributed by atoms with van der Waals surface area (Å²) in [4.78, 5) is 21.6. The Kier molecular flexibility index (Phi) is 4.67. The fourth-order valence-electron chi connectivity index (χ4n) is 1.39. The predicted octanol–water partition coefficient (Wildman–Crippen LogP) is -0.170. The van der Waals surface area contributed by atoms with E-state index in [1.54, 1.807) is 0 Å². The van der Waals surface area contributed by atoms with Gasteiger partial charge in [0.05, 0.1) is 0 Å². The van der Waals surface area contributed by atoms with Gasteiger partial charge in [0.2, 0.25) is 10.0 Å². The molecule has 8 nitrogen and oxygen atoms in total. The molecule has 0 spiro atoms. The molecule has 0 unspecified atom stereocenters. The SMILES string of the molecule is Cc1oc(C(=O)NCCCC(=O)O)cc1S(N)(=O)=O. The zero-order valence-corrected chi connectivity index (χ0v) is 11.0. The van der Waals surface area contributed by atoms with Crippen molar-refractivity contribution in [1.82, 2.24) is 5.32 Å². The highest BCUT2D eigenvalue weighted by molar-refractivity contribution is 7.89. The summed E-state index contributed by atoms with van der Waals surface area (Å²) in [5, 5.41) is 15.8. The molecule has 0 aromatic carbocycles. The van der Waals surface area contributed by atoms with Gasteiger partial charge in [-0.25, -0.2) is 13.6 Å². The molecule has 0 radical (unpaired) electrons. The molecule has 0 aliphatic rings. The van der Waals surface area contributed by atoms with Gasteiger partial charge in [-0.3, -0.25) is 9.59 Å². The maximum Gasteiger partial charge on any atom is 0.303 e. The fourth-order valence-corrected chi connectivity index (χ4v) is 2.10. The molecule has 19 heavy (non-hydrogen) atoms. The van der Waals surface area contributed by atoms with Crippen LogP contribution in [0.4, 0.5) is 0 Å². The van der Waals surface area contributed by atoms with Gasteiger partial charge in [0.1, 0.15) is 10.7 Å². The van der Waals surface area contributed by atoms with E-state index in [1.807, 2.05) is 0 Å². The van der Waals surface area contributed by atoms with Crippen LogP contribution in [-0.4, -0.2) is 31.9 Å². The lowest BCUT2D eigenvalue weighted by molar-refractivity contribution is -0.137. The zero-order chi connectivity index (χ0) is 14.6. The minimum atomic E-state index is -3.93. The number of nitrogens with two attached hydrogens (primary N) is 1. The van der Waals surface area contributed by atoms with E-state index >= 15 is 0 Å². The van der Waals surface area contributed by atoms with Crippen molar-refractivity contribution >= 4 is 21.9 Å². The molecule has 1 heterocycles. The van der Waals surface area contributed by atoms with E-state index in [4.69, 9.17) is 14.7 Å². The van der Waals surface area contributed by atoms with Crippen LogP contribution in [0.25, 0.3) is 0 Å². The second kappa shape index (κ2) is 5.85. The Morgan fingerprint density at radius 1 is 1.47 bits per heavy atom. The van der Waals surface area contributed by atoms with E-state index in [0.717, 1.165) is 6.07 Å². The Hall–Kier alpha value is -1.87. The van der Waals surface area contributed by atoms with Gasteiger partial charge in [0.15, 0.2) is 5.76 Å². The smallest absolute Gasteiger partial charge is 0.303 e. The van der Waals surface area contributed by atoms with Crippen LogP contribution < -0.4 is 10.5 Å². The number of carbonyl (C=O) groups is 2. The number of hydrogen-bond donors (Lipinski definition) is 3. The highest BCUT2D eigenvalue weighted by atomic mass is 32.2. The highest BCUT2D eigenvalue weighted by Gasteiger charge is 2.20. The third kappa shape index (κ3) is 4.38. The normalized spacial score (nSPS) is 11.3. The van der Waals surface area contributed by atoms with Crippen LogP contribution in [0.1, 0.15) is 29.2 Å². The highest BCUT2D eigenvalue weighted by Crippen LogP contribution is 2.18. The molecule has 0 aliphatic carbocycles. The van der Waals surface area contributed by atoms with Crippen LogP contribution in [0.15, 0.2) is 15.4 Å². The topological polar surface area (TPSA) is 140 Å². The molecule has 4 N–H and O–H groups in total. The summed E-state index contributed by atoms with van der Waals surface area (Å²) in [6.07, 6.45) is 0.197. The molecular weight excluding hydrogens is 276 g/mol. The average molecular weight is 290 g/mol. The van der Waals surface area contributed by atoms with E-state index in [2.05, 4.69) is 5.32 Å². The molecule has 0 atom stereocenters. The van der Waals surface area contributed by atoms with Crippen molar-refractivity contribution in [2.45, 2.75) is 24.7 Å². The third-order valence-electron chi connectivity index (χ3n) is 2.26. The second-order valence-electron chi connectivity index (χ2n) is 3.83. The quantitative estimate of drug-likeness (QED) is 0.621. The predicted molar refractivity (Wildman–Crippen MR) is 64.0 cm³/mol. The molecule has 0 aliphatic heterocycles. The summed E-state index contributed by atoms with van der Waals surface area (Å²) in [7, 11) is -3.93. The first kappa shape index (κ1) is 15.2. The average Bonchev–Trinajstić information content (AvgIpc) is 2.66. The lowest BCUT2D eigenvalue weighted by Gasteiger charge is -2.00. The number of primary sulfonamides is 1. The maximum absolute atomic E-state index is 11.6. The van der Waals surface area contributed by atoms with Gasteiger partial charge in [0.25, 0.3) is 5.91 Å². The number of nitrogens with one attached hydrogen (secondary N) is 1. The van der Waals surface area contributed by atoms with Crippen LogP contribution in [0.5, 0.6) is 0 Å². The number of sulfonamides is 1. The lowest BCUT2D eigenvalue weighted by atomic mass is 10.3. The van der Waals surface area contributed by atoms with Gasteiger partial charge >= 0.3 is 5.97 Å². The van der Waals surface area contributed by atoms with Crippen LogP contribution in [-0.2, 0) is 14.8 Å². The zero-order valence-electron chi connectivity index (χ0n) is 10.2. The number of carboxylic acids is 1. The first-order valence-electron chi connectivity index (χ1n) is 5.35. The van der Waals surface area contributed by atoms with Crippen molar-refractivity contribution in [2.24, 2.45) is 5.14 Å². The standard InChI is InChI=1S/C10H14N2O6S/c1-6-8(19(11,16)17)5-7(18-6)10(15)12-4-2-3-9(13)14/h5H,2-4H2,1H3,(H,12,15)(H,13,14)(H2,11,16,17). The Bertz CT molecular complexity index is 589. The fraction of sp³-hybridized carbons (Fsp3) is 0.400. The van der Waals surface area contributed by atoms with E-state index in [9.17, 15) is 18.0 Å². The molecule has 0 saturated carbocycles. The largest absolute Gasteiger partial charge is 0.481 e. The minimum Gasteiger partial charge on any atom is -0.481 e. The molecular formula is C10H14N2O6S. The Labute approximate surface area is 109 Å². The van der Waals surface area contributed by atoms with Crippen molar-refractivity contribution in [3.8, 4) is 0 Å². The molecule has 1 aromatic rings. The number of carboxylic acid groups (broad SMARTS) is 1. The number of carbonyl (C=O) groups excluding carboxylic acids is 1. The number of hydrogen-bond acceptors (Lipinski definition) is 5. The molecule has 9 heteroatoms. The monoisotopic (exact) mass is 290 g/mol. The van der Waals surface area contributed by atoms with Gasteiger partial charge in [0, 0.05) is 19.0 Å². The summed E-state index contributed by atoms with van der Waals surface area (Å²) in [6, 6.07) is 1.04. The molecule has 1 rings (SSSR count). The Morgan fingerprint density at radius 2 is 2.11 bits per heavy atom. The molecule has 1 aromatic heterocycles. The second-order valence-corrected chi connectivity index (χ2v) is 5.36. The van der Waals surface area contributed by atoms with Crippen LogP contribution in [0.3, 0.4) is 0 Å². The van der Waals surface area contributed by atoms with Crippen molar-refractivity contribution in [1.29, 1.82) is 0 Å². The number of aryl methyl sites for hydroxylation is 1. The first-order chi connectivity index (χ1) is 8.71. The first-order valence-corrected chi connectivity index (χ1v) is 6.89.